The van der Waals surface area contributed by atoms with Crippen LogP contribution in [0.15, 0.2) is 0 Å². The lowest BCUT2D eigenvalue weighted by atomic mass is 9.93. The molecule has 2 aliphatic heterocycles. The summed E-state index contributed by atoms with van der Waals surface area (Å²) in [6.07, 6.45) is 4.33. The Morgan fingerprint density at radius 2 is 1.67 bits per heavy atom. The van der Waals surface area contributed by atoms with Crippen LogP contribution in [0.25, 0.3) is 0 Å². The molecule has 0 aromatic carbocycles. The van der Waals surface area contributed by atoms with Crippen molar-refractivity contribution >= 4 is 36.6 Å². The Hall–Kier alpha value is -0.560. The number of piperazine rings is 1. The van der Waals surface area contributed by atoms with E-state index in [1.165, 1.54) is 12.8 Å². The van der Waals surface area contributed by atoms with Gasteiger partial charge in [-0.15, -0.1) is 24.8 Å². The number of hydrogen-bond acceptors (Lipinski definition) is 4. The van der Waals surface area contributed by atoms with Gasteiger partial charge in [-0.2, -0.15) is 0 Å². The number of halogens is 2. The van der Waals surface area contributed by atoms with Gasteiger partial charge in [-0.25, -0.2) is 0 Å². The van der Waals surface area contributed by atoms with Gasteiger partial charge in [0.25, 0.3) is 0 Å². The van der Waals surface area contributed by atoms with E-state index in [-0.39, 0.29) is 36.6 Å². The predicted octanol–water partition coefficient (Wildman–Crippen LogP) is 0.890. The van der Waals surface area contributed by atoms with Crippen LogP contribution < -0.4 is 10.6 Å². The molecule has 0 atom stereocenters. The molecule has 0 unspecified atom stereocenters. The number of amides is 2. The number of piperidine rings is 1. The Labute approximate surface area is 157 Å². The van der Waals surface area contributed by atoms with E-state index < -0.39 is 0 Å². The number of nitrogens with one attached hydrogen (secondary N) is 2. The molecule has 2 aliphatic rings. The monoisotopic (exact) mass is 382 g/mol. The molecule has 2 rings (SSSR count). The molecule has 0 saturated carbocycles. The molecule has 0 radical (unpaired) electrons. The average molecular weight is 383 g/mol. The molecule has 0 aromatic rings. The Balaban J connectivity index is 0.00000264. The second kappa shape index (κ2) is 12.8. The maximum Gasteiger partial charge on any atom is 0.224 e. The normalized spacial score (nSPS) is 19.1. The standard InChI is InChI=1S/C16H30N4O2.2ClH/c1-19-10-12-20(13-11-19)16(22)6-9-18-15(21)3-2-14-4-7-17-8-5-14;;/h14,17H,2-13H2,1H3,(H,18,21);2*1H. The third-order valence-corrected chi connectivity index (χ3v) is 4.76. The minimum atomic E-state index is 0. The summed E-state index contributed by atoms with van der Waals surface area (Å²) in [5.41, 5.74) is 0. The first kappa shape index (κ1) is 23.4. The van der Waals surface area contributed by atoms with Crippen LogP contribution in [0, 0.1) is 5.92 Å². The molecule has 2 N–H and O–H groups in total. The molecule has 2 saturated heterocycles. The Kier molecular flexibility index (Phi) is 12.5. The Morgan fingerprint density at radius 1 is 1.04 bits per heavy atom. The molecule has 24 heavy (non-hydrogen) atoms. The predicted molar refractivity (Wildman–Crippen MR) is 101 cm³/mol. The summed E-state index contributed by atoms with van der Waals surface area (Å²) in [6, 6.07) is 0. The van der Waals surface area contributed by atoms with Crippen molar-refractivity contribution in [3.8, 4) is 0 Å². The number of likely N-dealkylation sites (N-methyl/N-ethyl adjacent to an activating group) is 1. The summed E-state index contributed by atoms with van der Waals surface area (Å²) in [4.78, 5) is 28.0. The van der Waals surface area contributed by atoms with Crippen molar-refractivity contribution < 1.29 is 9.59 Å². The summed E-state index contributed by atoms with van der Waals surface area (Å²) in [5, 5.41) is 6.23. The van der Waals surface area contributed by atoms with Crippen LogP contribution in [0.3, 0.4) is 0 Å². The highest BCUT2D eigenvalue weighted by Crippen LogP contribution is 2.17. The molecular formula is C16H32Cl2N4O2. The number of carbonyl (C=O) groups excluding carboxylic acids is 2. The highest BCUT2D eigenvalue weighted by molar-refractivity contribution is 5.85. The largest absolute Gasteiger partial charge is 0.356 e. The maximum atomic E-state index is 12.0. The third-order valence-electron chi connectivity index (χ3n) is 4.76. The summed E-state index contributed by atoms with van der Waals surface area (Å²) in [5.74, 6) is 0.926. The highest BCUT2D eigenvalue weighted by atomic mass is 35.5. The van der Waals surface area contributed by atoms with Crippen molar-refractivity contribution in [3.05, 3.63) is 0 Å². The van der Waals surface area contributed by atoms with Crippen molar-refractivity contribution in [2.75, 3.05) is 52.9 Å². The van der Waals surface area contributed by atoms with Crippen LogP contribution in [0.2, 0.25) is 0 Å². The highest BCUT2D eigenvalue weighted by Gasteiger charge is 2.19. The number of hydrogen-bond donors (Lipinski definition) is 2. The first-order valence-electron chi connectivity index (χ1n) is 8.59. The Bertz CT molecular complexity index is 371. The molecule has 8 heteroatoms. The van der Waals surface area contributed by atoms with Crippen LogP contribution in [0.4, 0.5) is 0 Å². The Morgan fingerprint density at radius 3 is 2.29 bits per heavy atom. The maximum absolute atomic E-state index is 12.0. The fourth-order valence-corrected chi connectivity index (χ4v) is 3.12. The SMILES string of the molecule is CN1CCN(C(=O)CCNC(=O)CCC2CCNCC2)CC1.Cl.Cl. The molecular weight excluding hydrogens is 351 g/mol. The van der Waals surface area contributed by atoms with E-state index in [1.54, 1.807) is 0 Å². The zero-order chi connectivity index (χ0) is 15.8. The van der Waals surface area contributed by atoms with Gasteiger partial charge in [0.2, 0.25) is 11.8 Å². The quantitative estimate of drug-likeness (QED) is 0.715. The summed E-state index contributed by atoms with van der Waals surface area (Å²) in [7, 11) is 2.07. The van der Waals surface area contributed by atoms with E-state index in [0.29, 0.717) is 25.3 Å². The topological polar surface area (TPSA) is 64.7 Å². The van der Waals surface area contributed by atoms with Gasteiger partial charge in [0.15, 0.2) is 0 Å². The summed E-state index contributed by atoms with van der Waals surface area (Å²) < 4.78 is 0. The minimum Gasteiger partial charge on any atom is -0.356 e. The number of rotatable bonds is 6. The fraction of sp³-hybridized carbons (Fsp3) is 0.875. The van der Waals surface area contributed by atoms with Crippen LogP contribution >= 0.6 is 24.8 Å². The van der Waals surface area contributed by atoms with E-state index in [4.69, 9.17) is 0 Å². The zero-order valence-electron chi connectivity index (χ0n) is 14.6. The smallest absolute Gasteiger partial charge is 0.224 e. The van der Waals surface area contributed by atoms with Crippen molar-refractivity contribution in [1.82, 2.24) is 20.4 Å². The van der Waals surface area contributed by atoms with Gasteiger partial charge >= 0.3 is 0 Å². The third kappa shape index (κ3) is 8.51. The van der Waals surface area contributed by atoms with Crippen LogP contribution in [0.5, 0.6) is 0 Å². The molecule has 2 fully saturated rings. The van der Waals surface area contributed by atoms with E-state index in [9.17, 15) is 9.59 Å². The molecule has 142 valence electrons. The minimum absolute atomic E-state index is 0. The van der Waals surface area contributed by atoms with Crippen molar-refractivity contribution in [1.29, 1.82) is 0 Å². The molecule has 0 aromatic heterocycles. The van der Waals surface area contributed by atoms with Gasteiger partial charge in [-0.3, -0.25) is 9.59 Å². The molecule has 0 spiro atoms. The fourth-order valence-electron chi connectivity index (χ4n) is 3.12. The molecule has 2 heterocycles. The molecule has 0 aliphatic carbocycles. The number of carbonyl (C=O) groups is 2. The van der Waals surface area contributed by atoms with Gasteiger partial charge in [-0.05, 0) is 45.3 Å². The van der Waals surface area contributed by atoms with Gasteiger partial charge in [0, 0.05) is 45.6 Å². The lowest BCUT2D eigenvalue weighted by molar-refractivity contribution is -0.132. The lowest BCUT2D eigenvalue weighted by Crippen LogP contribution is -2.47. The summed E-state index contributed by atoms with van der Waals surface area (Å²) >= 11 is 0. The van der Waals surface area contributed by atoms with Crippen molar-refractivity contribution in [2.24, 2.45) is 5.92 Å². The number of nitrogens with zero attached hydrogens (tertiary/aromatic N) is 2. The molecule has 0 bridgehead atoms. The van der Waals surface area contributed by atoms with Crippen LogP contribution in [0.1, 0.15) is 32.1 Å². The van der Waals surface area contributed by atoms with Gasteiger partial charge in [0.1, 0.15) is 0 Å². The second-order valence-corrected chi connectivity index (χ2v) is 6.52. The van der Waals surface area contributed by atoms with Crippen molar-refractivity contribution in [2.45, 2.75) is 32.1 Å². The zero-order valence-corrected chi connectivity index (χ0v) is 16.2. The lowest BCUT2D eigenvalue weighted by Gasteiger charge is -2.32. The van der Waals surface area contributed by atoms with E-state index in [1.807, 2.05) is 4.90 Å². The molecule has 2 amide bonds. The van der Waals surface area contributed by atoms with E-state index in [0.717, 1.165) is 45.7 Å². The van der Waals surface area contributed by atoms with Crippen LogP contribution in [-0.4, -0.2) is 74.5 Å². The van der Waals surface area contributed by atoms with Gasteiger partial charge < -0.3 is 20.4 Å². The van der Waals surface area contributed by atoms with Gasteiger partial charge in [0.05, 0.1) is 0 Å². The van der Waals surface area contributed by atoms with E-state index in [2.05, 4.69) is 22.6 Å². The summed E-state index contributed by atoms with van der Waals surface area (Å²) in [6.45, 7) is 6.11. The average Bonchev–Trinajstić information content (AvgIpc) is 2.54. The van der Waals surface area contributed by atoms with Gasteiger partial charge in [-0.1, -0.05) is 0 Å². The van der Waals surface area contributed by atoms with E-state index >= 15 is 0 Å². The first-order valence-corrected chi connectivity index (χ1v) is 8.59. The van der Waals surface area contributed by atoms with Crippen LogP contribution in [-0.2, 0) is 9.59 Å². The molecule has 6 nitrogen and oxygen atoms in total. The second-order valence-electron chi connectivity index (χ2n) is 6.52. The first-order chi connectivity index (χ1) is 10.6. The van der Waals surface area contributed by atoms with Crippen molar-refractivity contribution in [3.63, 3.8) is 0 Å².